The standard InChI is InChI=1S/C18H8F6O5/c19-17(20,21)16(18(22,23)24,9-3-1-2-8(6-9)13(25)26)10-4-5-11-12(7-10)15(28)29-14(11)27/h1-7H,(H,25,26). The van der Waals surface area contributed by atoms with Crippen LogP contribution in [0.5, 0.6) is 0 Å². The maximum atomic E-state index is 14.1. The van der Waals surface area contributed by atoms with Gasteiger partial charge in [0.05, 0.1) is 16.7 Å². The number of carboxylic acids is 1. The summed E-state index contributed by atoms with van der Waals surface area (Å²) in [6.45, 7) is 0. The van der Waals surface area contributed by atoms with Crippen molar-refractivity contribution in [1.82, 2.24) is 0 Å². The van der Waals surface area contributed by atoms with Crippen molar-refractivity contribution in [3.63, 3.8) is 0 Å². The predicted molar refractivity (Wildman–Crippen MR) is 82.5 cm³/mol. The van der Waals surface area contributed by atoms with Crippen LogP contribution in [0.4, 0.5) is 26.3 Å². The molecule has 0 atom stereocenters. The van der Waals surface area contributed by atoms with Gasteiger partial charge in [-0.3, -0.25) is 0 Å². The van der Waals surface area contributed by atoms with Gasteiger partial charge in [0.1, 0.15) is 0 Å². The normalized spacial score (nSPS) is 14.6. The molecule has 0 amide bonds. The fourth-order valence-electron chi connectivity index (χ4n) is 3.19. The minimum Gasteiger partial charge on any atom is -0.478 e. The molecule has 0 saturated heterocycles. The Morgan fingerprint density at radius 2 is 1.34 bits per heavy atom. The maximum absolute atomic E-state index is 14.1. The fourth-order valence-corrected chi connectivity index (χ4v) is 3.19. The summed E-state index contributed by atoms with van der Waals surface area (Å²) in [5.41, 5.74) is -9.50. The van der Waals surface area contributed by atoms with Gasteiger partial charge in [0.15, 0.2) is 0 Å². The van der Waals surface area contributed by atoms with E-state index < -0.39 is 63.5 Å². The highest BCUT2D eigenvalue weighted by molar-refractivity contribution is 6.14. The average molecular weight is 418 g/mol. The van der Waals surface area contributed by atoms with E-state index in [-0.39, 0.29) is 12.1 Å². The number of rotatable bonds is 3. The van der Waals surface area contributed by atoms with Gasteiger partial charge in [-0.05, 0) is 35.4 Å². The Hall–Kier alpha value is -3.37. The average Bonchev–Trinajstić information content (AvgIpc) is 2.87. The molecule has 5 nitrogen and oxygen atoms in total. The number of carboxylic acid groups (broad SMARTS) is 1. The molecule has 29 heavy (non-hydrogen) atoms. The highest BCUT2D eigenvalue weighted by Gasteiger charge is 2.72. The highest BCUT2D eigenvalue weighted by Crippen LogP contribution is 2.56. The number of alkyl halides is 6. The number of aromatic carboxylic acids is 1. The zero-order valence-electron chi connectivity index (χ0n) is 13.9. The van der Waals surface area contributed by atoms with Gasteiger partial charge < -0.3 is 9.84 Å². The second kappa shape index (κ2) is 6.33. The maximum Gasteiger partial charge on any atom is 0.411 e. The summed E-state index contributed by atoms with van der Waals surface area (Å²) in [4.78, 5) is 34.2. The van der Waals surface area contributed by atoms with Crippen LogP contribution >= 0.6 is 0 Å². The van der Waals surface area contributed by atoms with E-state index in [2.05, 4.69) is 4.74 Å². The molecule has 2 aromatic carbocycles. The van der Waals surface area contributed by atoms with Gasteiger partial charge in [-0.2, -0.15) is 26.3 Å². The topological polar surface area (TPSA) is 80.7 Å². The Bertz CT molecular complexity index is 1020. The first kappa shape index (κ1) is 20.4. The molecule has 0 saturated carbocycles. The molecule has 2 aromatic rings. The van der Waals surface area contributed by atoms with Crippen LogP contribution in [0, 0.1) is 0 Å². The number of benzene rings is 2. The summed E-state index contributed by atoms with van der Waals surface area (Å²) < 4.78 is 88.5. The second-order valence-electron chi connectivity index (χ2n) is 6.07. The van der Waals surface area contributed by atoms with Crippen molar-refractivity contribution in [1.29, 1.82) is 0 Å². The Labute approximate surface area is 157 Å². The van der Waals surface area contributed by atoms with Crippen LogP contribution in [-0.2, 0) is 10.2 Å². The molecular weight excluding hydrogens is 410 g/mol. The fraction of sp³-hybridized carbons (Fsp3) is 0.167. The molecule has 1 heterocycles. The SMILES string of the molecule is O=C(O)c1cccc(C(c2ccc3c(c2)C(=O)OC3=O)(C(F)(F)F)C(F)(F)F)c1. The van der Waals surface area contributed by atoms with Crippen LogP contribution in [0.2, 0.25) is 0 Å². The zero-order chi connectivity index (χ0) is 21.8. The minimum absolute atomic E-state index is 0.264. The largest absolute Gasteiger partial charge is 0.478 e. The number of hydrogen-bond acceptors (Lipinski definition) is 4. The number of halogens is 6. The van der Waals surface area contributed by atoms with Crippen molar-refractivity contribution in [2.45, 2.75) is 17.8 Å². The summed E-state index contributed by atoms with van der Waals surface area (Å²) in [7, 11) is 0. The molecular formula is C18H8F6O5. The molecule has 0 spiro atoms. The van der Waals surface area contributed by atoms with Gasteiger partial charge in [0.25, 0.3) is 0 Å². The van der Waals surface area contributed by atoms with Crippen LogP contribution < -0.4 is 0 Å². The third-order valence-corrected chi connectivity index (χ3v) is 4.47. The van der Waals surface area contributed by atoms with E-state index in [1.165, 1.54) is 0 Å². The third kappa shape index (κ3) is 2.93. The monoisotopic (exact) mass is 418 g/mol. The van der Waals surface area contributed by atoms with Crippen LogP contribution in [0.15, 0.2) is 42.5 Å². The van der Waals surface area contributed by atoms with Crippen molar-refractivity contribution in [3.8, 4) is 0 Å². The van der Waals surface area contributed by atoms with Crippen molar-refractivity contribution in [3.05, 3.63) is 70.3 Å². The van der Waals surface area contributed by atoms with Crippen molar-refractivity contribution in [2.75, 3.05) is 0 Å². The van der Waals surface area contributed by atoms with Gasteiger partial charge in [-0.25, -0.2) is 14.4 Å². The van der Waals surface area contributed by atoms with Crippen molar-refractivity contribution < 1.29 is 50.6 Å². The van der Waals surface area contributed by atoms with E-state index in [4.69, 9.17) is 5.11 Å². The number of hydrogen-bond donors (Lipinski definition) is 1. The summed E-state index contributed by atoms with van der Waals surface area (Å²) in [5, 5.41) is 8.98. The van der Waals surface area contributed by atoms with Crippen LogP contribution in [0.25, 0.3) is 0 Å². The Morgan fingerprint density at radius 3 is 1.90 bits per heavy atom. The molecule has 0 unspecified atom stereocenters. The molecule has 11 heteroatoms. The lowest BCUT2D eigenvalue weighted by atomic mass is 9.72. The number of ether oxygens (including phenoxy) is 1. The lowest BCUT2D eigenvalue weighted by Gasteiger charge is -2.38. The summed E-state index contributed by atoms with van der Waals surface area (Å²) in [5.74, 6) is -4.31. The number of esters is 2. The molecule has 0 fully saturated rings. The molecule has 0 bridgehead atoms. The zero-order valence-corrected chi connectivity index (χ0v) is 13.9. The molecule has 152 valence electrons. The molecule has 1 N–H and O–H groups in total. The predicted octanol–water partition coefficient (Wildman–Crippen LogP) is 4.11. The summed E-state index contributed by atoms with van der Waals surface area (Å²) >= 11 is 0. The second-order valence-corrected chi connectivity index (χ2v) is 6.07. The van der Waals surface area contributed by atoms with E-state index in [9.17, 15) is 40.7 Å². The van der Waals surface area contributed by atoms with E-state index in [0.29, 0.717) is 18.2 Å². The van der Waals surface area contributed by atoms with Crippen molar-refractivity contribution in [2.24, 2.45) is 0 Å². The van der Waals surface area contributed by atoms with Gasteiger partial charge in [0, 0.05) is 0 Å². The van der Waals surface area contributed by atoms with E-state index in [0.717, 1.165) is 12.1 Å². The molecule has 1 aliphatic heterocycles. The molecule has 1 aliphatic rings. The number of cyclic esters (lactones) is 2. The molecule has 3 rings (SSSR count). The quantitative estimate of drug-likeness (QED) is 0.461. The van der Waals surface area contributed by atoms with Gasteiger partial charge in [0.2, 0.25) is 5.41 Å². The van der Waals surface area contributed by atoms with Crippen LogP contribution in [0.3, 0.4) is 0 Å². The van der Waals surface area contributed by atoms with E-state index in [1.807, 2.05) is 0 Å². The first-order valence-corrected chi connectivity index (χ1v) is 7.69. The Morgan fingerprint density at radius 1 is 0.793 bits per heavy atom. The lowest BCUT2D eigenvalue weighted by molar-refractivity contribution is -0.288. The lowest BCUT2D eigenvalue weighted by Crippen LogP contribution is -2.54. The molecule has 0 aliphatic carbocycles. The smallest absolute Gasteiger partial charge is 0.411 e. The van der Waals surface area contributed by atoms with Crippen LogP contribution in [0.1, 0.15) is 42.2 Å². The minimum atomic E-state index is -5.98. The first-order valence-electron chi connectivity index (χ1n) is 7.69. The molecule has 0 radical (unpaired) electrons. The van der Waals surface area contributed by atoms with Crippen LogP contribution in [-0.4, -0.2) is 35.4 Å². The summed E-state index contributed by atoms with van der Waals surface area (Å²) in [6.07, 6.45) is -12.0. The number of carbonyl (C=O) groups is 3. The third-order valence-electron chi connectivity index (χ3n) is 4.47. The van der Waals surface area contributed by atoms with Gasteiger partial charge >= 0.3 is 30.3 Å². The summed E-state index contributed by atoms with van der Waals surface area (Å²) in [6, 6.07) is 3.66. The number of fused-ring (bicyclic) bond motifs is 1. The Balaban J connectivity index is 2.41. The van der Waals surface area contributed by atoms with E-state index >= 15 is 0 Å². The van der Waals surface area contributed by atoms with Gasteiger partial charge in [-0.1, -0.05) is 18.2 Å². The van der Waals surface area contributed by atoms with Crippen molar-refractivity contribution >= 4 is 17.9 Å². The highest BCUT2D eigenvalue weighted by atomic mass is 19.4. The Kier molecular flexibility index (Phi) is 4.44. The molecule has 0 aromatic heterocycles. The number of carbonyl (C=O) groups excluding carboxylic acids is 2. The first-order chi connectivity index (χ1) is 13.3. The van der Waals surface area contributed by atoms with E-state index in [1.54, 1.807) is 0 Å². The van der Waals surface area contributed by atoms with Gasteiger partial charge in [-0.15, -0.1) is 0 Å².